The predicted molar refractivity (Wildman–Crippen MR) is 60.7 cm³/mol. The normalized spacial score (nSPS) is 11.1. The number of benzene rings is 1. The molecule has 1 heterocycles. The minimum atomic E-state index is -1.15. The topological polar surface area (TPSA) is 51.5 Å². The zero-order valence-electron chi connectivity index (χ0n) is 9.61. The Morgan fingerprint density at radius 3 is 2.61 bits per heavy atom. The zero-order chi connectivity index (χ0) is 13.3. The fourth-order valence-electron chi connectivity index (χ4n) is 1.86. The average molecular weight is 255 g/mol. The molecule has 0 amide bonds. The summed E-state index contributed by atoms with van der Waals surface area (Å²) >= 11 is 0. The van der Waals surface area contributed by atoms with Crippen LogP contribution in [0.5, 0.6) is 0 Å². The molecule has 0 saturated heterocycles. The third-order valence-corrected chi connectivity index (χ3v) is 2.68. The largest absolute Gasteiger partial charge is 0.477 e. The van der Waals surface area contributed by atoms with Gasteiger partial charge in [0, 0.05) is 25.1 Å². The summed E-state index contributed by atoms with van der Waals surface area (Å²) in [5.41, 5.74) is 0.315. The number of fused-ring (bicyclic) bond motifs is 1. The highest BCUT2D eigenvalue weighted by Gasteiger charge is 2.16. The molecule has 0 spiro atoms. The van der Waals surface area contributed by atoms with E-state index in [0.717, 1.165) is 12.1 Å². The lowest BCUT2D eigenvalue weighted by atomic mass is 10.2. The standard InChI is InChI=1S/C12H11F2NO3/c1-18-3-2-15-10-6-9(14)8(13)4-7(10)5-11(15)12(16)17/h4-6H,2-3H2,1H3,(H,16,17). The molecule has 2 aromatic rings. The highest BCUT2D eigenvalue weighted by atomic mass is 19.2. The Bertz CT molecular complexity index is 607. The SMILES string of the molecule is COCCn1c(C(=O)O)cc2cc(F)c(F)cc21. The van der Waals surface area contributed by atoms with Crippen LogP contribution in [-0.4, -0.2) is 29.4 Å². The Labute approximate surface area is 101 Å². The Balaban J connectivity index is 2.64. The molecule has 4 nitrogen and oxygen atoms in total. The minimum Gasteiger partial charge on any atom is -0.477 e. The van der Waals surface area contributed by atoms with E-state index in [-0.39, 0.29) is 18.8 Å². The molecule has 2 rings (SSSR count). The van der Waals surface area contributed by atoms with E-state index < -0.39 is 17.6 Å². The third-order valence-electron chi connectivity index (χ3n) is 2.68. The van der Waals surface area contributed by atoms with Crippen molar-refractivity contribution < 1.29 is 23.4 Å². The number of hydrogen-bond acceptors (Lipinski definition) is 2. The summed E-state index contributed by atoms with van der Waals surface area (Å²) in [6, 6.07) is 3.29. The third kappa shape index (κ3) is 2.06. The molecule has 1 aromatic heterocycles. The Hall–Kier alpha value is -1.95. The fourth-order valence-corrected chi connectivity index (χ4v) is 1.86. The second-order valence-corrected chi connectivity index (χ2v) is 3.80. The maximum Gasteiger partial charge on any atom is 0.352 e. The van der Waals surface area contributed by atoms with Gasteiger partial charge in [0.2, 0.25) is 0 Å². The van der Waals surface area contributed by atoms with Crippen LogP contribution >= 0.6 is 0 Å². The highest BCUT2D eigenvalue weighted by Crippen LogP contribution is 2.23. The molecular weight excluding hydrogens is 244 g/mol. The van der Waals surface area contributed by atoms with E-state index in [0.29, 0.717) is 10.9 Å². The lowest BCUT2D eigenvalue weighted by molar-refractivity contribution is 0.0683. The molecule has 0 aliphatic rings. The van der Waals surface area contributed by atoms with E-state index in [1.165, 1.54) is 17.7 Å². The van der Waals surface area contributed by atoms with Crippen LogP contribution in [0, 0.1) is 11.6 Å². The molecule has 0 aliphatic carbocycles. The van der Waals surface area contributed by atoms with Crippen LogP contribution in [0.3, 0.4) is 0 Å². The number of carbonyl (C=O) groups is 1. The number of carboxylic acid groups (broad SMARTS) is 1. The van der Waals surface area contributed by atoms with Gasteiger partial charge in [0.05, 0.1) is 12.1 Å². The van der Waals surface area contributed by atoms with Crippen molar-refractivity contribution in [2.45, 2.75) is 6.54 Å². The molecular formula is C12H11F2NO3. The summed E-state index contributed by atoms with van der Waals surface area (Å²) in [4.78, 5) is 11.1. The van der Waals surface area contributed by atoms with E-state index in [1.54, 1.807) is 0 Å². The molecule has 0 fully saturated rings. The summed E-state index contributed by atoms with van der Waals surface area (Å²) in [7, 11) is 1.48. The van der Waals surface area contributed by atoms with Gasteiger partial charge < -0.3 is 14.4 Å². The number of carboxylic acids is 1. The number of methoxy groups -OCH3 is 1. The van der Waals surface area contributed by atoms with Crippen molar-refractivity contribution in [3.63, 3.8) is 0 Å². The number of nitrogens with zero attached hydrogens (tertiary/aromatic N) is 1. The van der Waals surface area contributed by atoms with Crippen LogP contribution in [0.1, 0.15) is 10.5 Å². The van der Waals surface area contributed by atoms with Gasteiger partial charge in [0.25, 0.3) is 0 Å². The first kappa shape index (κ1) is 12.5. The zero-order valence-corrected chi connectivity index (χ0v) is 9.61. The van der Waals surface area contributed by atoms with Crippen LogP contribution in [-0.2, 0) is 11.3 Å². The van der Waals surface area contributed by atoms with Gasteiger partial charge in [-0.05, 0) is 12.1 Å². The number of halogens is 2. The summed E-state index contributed by atoms with van der Waals surface area (Å²) in [5.74, 6) is -3.15. The van der Waals surface area contributed by atoms with Gasteiger partial charge in [0.15, 0.2) is 11.6 Å². The summed E-state index contributed by atoms with van der Waals surface area (Å²) in [6.45, 7) is 0.537. The molecule has 0 aliphatic heterocycles. The van der Waals surface area contributed by atoms with Gasteiger partial charge in [-0.2, -0.15) is 0 Å². The van der Waals surface area contributed by atoms with Gasteiger partial charge in [-0.1, -0.05) is 0 Å². The molecule has 0 bridgehead atoms. The molecule has 1 aromatic carbocycles. The van der Waals surface area contributed by atoms with Crippen molar-refractivity contribution in [3.8, 4) is 0 Å². The highest BCUT2D eigenvalue weighted by molar-refractivity contribution is 5.94. The number of hydrogen-bond donors (Lipinski definition) is 1. The van der Waals surface area contributed by atoms with Crippen LogP contribution < -0.4 is 0 Å². The number of rotatable bonds is 4. The van der Waals surface area contributed by atoms with Crippen molar-refractivity contribution in [3.05, 3.63) is 35.5 Å². The van der Waals surface area contributed by atoms with Gasteiger partial charge in [-0.15, -0.1) is 0 Å². The second kappa shape index (κ2) is 4.73. The first-order valence-corrected chi connectivity index (χ1v) is 5.25. The van der Waals surface area contributed by atoms with E-state index in [9.17, 15) is 13.6 Å². The Morgan fingerprint density at radius 2 is 2.00 bits per heavy atom. The molecule has 18 heavy (non-hydrogen) atoms. The van der Waals surface area contributed by atoms with E-state index in [4.69, 9.17) is 9.84 Å². The molecule has 96 valence electrons. The summed E-state index contributed by atoms with van der Waals surface area (Å²) in [5, 5.41) is 9.40. The van der Waals surface area contributed by atoms with Gasteiger partial charge >= 0.3 is 5.97 Å². The maximum atomic E-state index is 13.2. The van der Waals surface area contributed by atoms with Crippen molar-refractivity contribution in [2.24, 2.45) is 0 Å². The first-order chi connectivity index (χ1) is 8.54. The maximum absolute atomic E-state index is 13.2. The van der Waals surface area contributed by atoms with Crippen molar-refractivity contribution in [1.82, 2.24) is 4.57 Å². The molecule has 0 saturated carbocycles. The van der Waals surface area contributed by atoms with Gasteiger partial charge in [-0.3, -0.25) is 0 Å². The van der Waals surface area contributed by atoms with Crippen LogP contribution in [0.25, 0.3) is 10.9 Å². The van der Waals surface area contributed by atoms with Crippen molar-refractivity contribution >= 4 is 16.9 Å². The fraction of sp³-hybridized carbons (Fsp3) is 0.250. The predicted octanol–water partition coefficient (Wildman–Crippen LogP) is 2.26. The molecule has 6 heteroatoms. The lowest BCUT2D eigenvalue weighted by Gasteiger charge is -2.07. The van der Waals surface area contributed by atoms with Crippen LogP contribution in [0.2, 0.25) is 0 Å². The Kier molecular flexibility index (Phi) is 3.29. The van der Waals surface area contributed by atoms with Crippen LogP contribution in [0.4, 0.5) is 8.78 Å². The second-order valence-electron chi connectivity index (χ2n) is 3.80. The average Bonchev–Trinajstić information content (AvgIpc) is 2.65. The van der Waals surface area contributed by atoms with Crippen molar-refractivity contribution in [1.29, 1.82) is 0 Å². The number of aromatic nitrogens is 1. The summed E-state index contributed by atoms with van der Waals surface area (Å²) < 4.78 is 32.5. The lowest BCUT2D eigenvalue weighted by Crippen LogP contribution is -2.11. The van der Waals surface area contributed by atoms with Gasteiger partial charge in [0.1, 0.15) is 5.69 Å². The molecule has 1 N–H and O–H groups in total. The van der Waals surface area contributed by atoms with E-state index >= 15 is 0 Å². The quantitative estimate of drug-likeness (QED) is 0.911. The van der Waals surface area contributed by atoms with Gasteiger partial charge in [-0.25, -0.2) is 13.6 Å². The van der Waals surface area contributed by atoms with E-state index in [1.807, 2.05) is 0 Å². The summed E-state index contributed by atoms with van der Waals surface area (Å²) in [6.07, 6.45) is 0. The monoisotopic (exact) mass is 255 g/mol. The molecule has 0 radical (unpaired) electrons. The molecule has 0 atom stereocenters. The van der Waals surface area contributed by atoms with E-state index in [2.05, 4.69) is 0 Å². The van der Waals surface area contributed by atoms with Crippen molar-refractivity contribution in [2.75, 3.05) is 13.7 Å². The van der Waals surface area contributed by atoms with Crippen LogP contribution in [0.15, 0.2) is 18.2 Å². The minimum absolute atomic E-state index is 0.0212. The smallest absolute Gasteiger partial charge is 0.352 e. The number of aromatic carboxylic acids is 1. The first-order valence-electron chi connectivity index (χ1n) is 5.25. The Morgan fingerprint density at radius 1 is 1.33 bits per heavy atom. The molecule has 0 unspecified atom stereocenters. The number of ether oxygens (including phenoxy) is 1.